The Morgan fingerprint density at radius 1 is 1.18 bits per heavy atom. The molecule has 10 heteroatoms. The Kier molecular flexibility index (Phi) is 4.83. The van der Waals surface area contributed by atoms with Gasteiger partial charge in [0, 0.05) is 36.8 Å². The van der Waals surface area contributed by atoms with Crippen LogP contribution in [0, 0.1) is 11.3 Å². The molecule has 0 aliphatic carbocycles. The van der Waals surface area contributed by atoms with Crippen LogP contribution >= 0.6 is 0 Å². The number of aryl methyl sites for hydroxylation is 1. The van der Waals surface area contributed by atoms with E-state index in [1.54, 1.807) is 31.4 Å². The first-order chi connectivity index (χ1) is 15.7. The van der Waals surface area contributed by atoms with Gasteiger partial charge in [-0.05, 0) is 51.7 Å². The van der Waals surface area contributed by atoms with Crippen molar-refractivity contribution in [1.82, 2.24) is 35.3 Å². The van der Waals surface area contributed by atoms with E-state index in [9.17, 15) is 5.11 Å². The Balaban J connectivity index is 1.36. The third-order valence-corrected chi connectivity index (χ3v) is 7.02. The van der Waals surface area contributed by atoms with Gasteiger partial charge in [0.15, 0.2) is 17.5 Å². The first-order valence-corrected chi connectivity index (χ1v) is 11.1. The fourth-order valence-electron chi connectivity index (χ4n) is 5.30. The van der Waals surface area contributed by atoms with Gasteiger partial charge in [-0.2, -0.15) is 15.3 Å². The number of benzene rings is 1. The van der Waals surface area contributed by atoms with E-state index in [0.29, 0.717) is 28.8 Å². The fraction of sp³-hybridized carbons (Fsp3) is 0.478. The minimum atomic E-state index is -0.00264. The lowest BCUT2D eigenvalue weighted by Crippen LogP contribution is -2.58. The van der Waals surface area contributed by atoms with Crippen molar-refractivity contribution in [3.8, 4) is 34.6 Å². The summed E-state index contributed by atoms with van der Waals surface area (Å²) in [6, 6.07) is 7.36. The molecule has 10 nitrogen and oxygen atoms in total. The molecule has 5 rings (SSSR count). The summed E-state index contributed by atoms with van der Waals surface area (Å²) in [7, 11) is 3.70. The summed E-state index contributed by atoms with van der Waals surface area (Å²) in [5.41, 5.74) is 1.39. The minimum Gasteiger partial charge on any atom is -0.507 e. The number of nitriles is 1. The summed E-state index contributed by atoms with van der Waals surface area (Å²) in [6.45, 7) is 4.61. The predicted molar refractivity (Wildman–Crippen MR) is 122 cm³/mol. The number of phenolic OH excluding ortho intramolecular Hbond substituents is 1. The third-order valence-electron chi connectivity index (χ3n) is 7.02. The number of anilines is 1. The molecule has 170 valence electrons. The Hall–Kier alpha value is -3.58. The molecule has 2 aliphatic heterocycles. The topological polar surface area (TPSA) is 129 Å². The maximum absolute atomic E-state index is 10.6. The Morgan fingerprint density at radius 2 is 1.91 bits per heavy atom. The number of phenols is 1. The second kappa shape index (κ2) is 7.49. The highest BCUT2D eigenvalue weighted by Crippen LogP contribution is 2.43. The van der Waals surface area contributed by atoms with Crippen molar-refractivity contribution in [2.24, 2.45) is 7.05 Å². The standard InChI is InChI=1S/C23H27N9O/c1-22-7-8-23(2,30-22)11-15(10-22)31(3)19-13-25-21(28-27-19)16-6-5-14(9-17(16)33)20-26-18(12-24)32(4)29-20/h5-6,9,13,15,30,33H,7-8,10-11H2,1-4H3/t15-,22-,23+. The lowest BCUT2D eigenvalue weighted by Gasteiger charge is -2.45. The zero-order valence-corrected chi connectivity index (χ0v) is 19.2. The van der Waals surface area contributed by atoms with Crippen LogP contribution < -0.4 is 10.2 Å². The number of aromatic nitrogens is 6. The molecule has 0 amide bonds. The van der Waals surface area contributed by atoms with Crippen LogP contribution in [0.1, 0.15) is 45.4 Å². The molecule has 3 atom stereocenters. The molecule has 2 fully saturated rings. The quantitative estimate of drug-likeness (QED) is 0.622. The number of fused-ring (bicyclic) bond motifs is 2. The van der Waals surface area contributed by atoms with Crippen molar-refractivity contribution < 1.29 is 5.11 Å². The lowest BCUT2D eigenvalue weighted by molar-refractivity contribution is 0.207. The average Bonchev–Trinajstić information content (AvgIpc) is 3.28. The lowest BCUT2D eigenvalue weighted by atomic mass is 9.84. The number of rotatable bonds is 4. The molecule has 2 N–H and O–H groups in total. The summed E-state index contributed by atoms with van der Waals surface area (Å²) in [5, 5.41) is 36.4. The van der Waals surface area contributed by atoms with Crippen molar-refractivity contribution in [2.75, 3.05) is 11.9 Å². The number of piperidine rings is 1. The zero-order chi connectivity index (χ0) is 23.4. The first-order valence-electron chi connectivity index (χ1n) is 11.1. The predicted octanol–water partition coefficient (Wildman–Crippen LogP) is 2.41. The van der Waals surface area contributed by atoms with Gasteiger partial charge in [-0.3, -0.25) is 0 Å². The van der Waals surface area contributed by atoms with Gasteiger partial charge in [0.05, 0.1) is 11.8 Å². The fourth-order valence-corrected chi connectivity index (χ4v) is 5.30. The SMILES string of the molecule is CN(c1cnc(-c2ccc(-c3nc(C#N)n(C)n3)cc2O)nn1)[C@H]1C[C@]2(C)CC[C@](C)(C1)N2. The van der Waals surface area contributed by atoms with E-state index >= 15 is 0 Å². The van der Waals surface area contributed by atoms with Crippen molar-refractivity contribution in [2.45, 2.75) is 56.7 Å². The van der Waals surface area contributed by atoms with E-state index in [0.717, 1.165) is 18.7 Å². The van der Waals surface area contributed by atoms with E-state index in [-0.39, 0.29) is 22.7 Å². The van der Waals surface area contributed by atoms with Crippen LogP contribution in [0.25, 0.3) is 22.8 Å². The van der Waals surface area contributed by atoms with Gasteiger partial charge in [0.1, 0.15) is 11.8 Å². The molecular formula is C23H27N9O. The molecule has 0 radical (unpaired) electrons. The molecule has 2 aromatic heterocycles. The summed E-state index contributed by atoms with van der Waals surface area (Å²) in [5.74, 6) is 1.62. The normalized spacial score (nSPS) is 26.2. The van der Waals surface area contributed by atoms with Gasteiger partial charge < -0.3 is 15.3 Å². The molecule has 0 unspecified atom stereocenters. The van der Waals surface area contributed by atoms with Crippen LogP contribution in [0.3, 0.4) is 0 Å². The first kappa shape index (κ1) is 21.3. The van der Waals surface area contributed by atoms with Crippen molar-refractivity contribution in [1.29, 1.82) is 5.26 Å². The van der Waals surface area contributed by atoms with Crippen molar-refractivity contribution in [3.63, 3.8) is 0 Å². The van der Waals surface area contributed by atoms with Crippen LogP contribution in [0.4, 0.5) is 5.82 Å². The van der Waals surface area contributed by atoms with Gasteiger partial charge in [0.2, 0.25) is 5.82 Å². The van der Waals surface area contributed by atoms with Crippen molar-refractivity contribution in [3.05, 3.63) is 30.2 Å². The van der Waals surface area contributed by atoms with Gasteiger partial charge in [0.25, 0.3) is 0 Å². The van der Waals surface area contributed by atoms with E-state index in [1.165, 1.54) is 17.5 Å². The maximum atomic E-state index is 10.6. The van der Waals surface area contributed by atoms with E-state index in [1.807, 2.05) is 6.07 Å². The smallest absolute Gasteiger partial charge is 0.231 e. The largest absolute Gasteiger partial charge is 0.507 e. The zero-order valence-electron chi connectivity index (χ0n) is 19.2. The second-order valence-corrected chi connectivity index (χ2v) is 9.79. The third kappa shape index (κ3) is 3.78. The molecule has 3 aromatic rings. The molecule has 1 aromatic carbocycles. The molecule has 2 saturated heterocycles. The van der Waals surface area contributed by atoms with E-state index in [4.69, 9.17) is 5.26 Å². The van der Waals surface area contributed by atoms with Gasteiger partial charge >= 0.3 is 0 Å². The Labute approximate surface area is 192 Å². The highest BCUT2D eigenvalue weighted by Gasteiger charge is 2.49. The molecule has 0 spiro atoms. The van der Waals surface area contributed by atoms with Crippen LogP contribution in [0.5, 0.6) is 5.75 Å². The van der Waals surface area contributed by atoms with Gasteiger partial charge in [-0.1, -0.05) is 6.07 Å². The van der Waals surface area contributed by atoms with E-state index in [2.05, 4.69) is 56.4 Å². The molecule has 0 saturated carbocycles. The number of aromatic hydroxyl groups is 1. The Morgan fingerprint density at radius 3 is 2.48 bits per heavy atom. The molecule has 2 bridgehead atoms. The van der Waals surface area contributed by atoms with Crippen molar-refractivity contribution >= 4 is 5.82 Å². The van der Waals surface area contributed by atoms with Crippen LogP contribution in [0.15, 0.2) is 24.4 Å². The number of nitrogens with zero attached hydrogens (tertiary/aromatic N) is 8. The van der Waals surface area contributed by atoms with Gasteiger partial charge in [-0.15, -0.1) is 10.2 Å². The number of hydrogen-bond donors (Lipinski definition) is 2. The summed E-state index contributed by atoms with van der Waals surface area (Å²) < 4.78 is 1.40. The number of nitrogens with one attached hydrogen (secondary N) is 1. The summed E-state index contributed by atoms with van der Waals surface area (Å²) >= 11 is 0. The molecular weight excluding hydrogens is 418 g/mol. The molecule has 4 heterocycles. The van der Waals surface area contributed by atoms with Crippen LogP contribution in [-0.2, 0) is 7.05 Å². The molecule has 33 heavy (non-hydrogen) atoms. The minimum absolute atomic E-state index is 0.00264. The highest BCUT2D eigenvalue weighted by atomic mass is 16.3. The highest BCUT2D eigenvalue weighted by molar-refractivity contribution is 5.70. The van der Waals surface area contributed by atoms with Gasteiger partial charge in [-0.25, -0.2) is 9.67 Å². The molecule has 2 aliphatic rings. The van der Waals surface area contributed by atoms with E-state index < -0.39 is 0 Å². The van der Waals surface area contributed by atoms with Crippen LogP contribution in [-0.4, -0.2) is 59.2 Å². The summed E-state index contributed by atoms with van der Waals surface area (Å²) in [4.78, 5) is 10.8. The second-order valence-electron chi connectivity index (χ2n) is 9.79. The monoisotopic (exact) mass is 445 g/mol. The van der Waals surface area contributed by atoms with Crippen LogP contribution in [0.2, 0.25) is 0 Å². The summed E-state index contributed by atoms with van der Waals surface area (Å²) in [6.07, 6.45) is 6.21. The number of hydrogen-bond acceptors (Lipinski definition) is 9. The maximum Gasteiger partial charge on any atom is 0.231 e. The Bertz CT molecular complexity index is 1230. The average molecular weight is 446 g/mol.